The monoisotopic (exact) mass is 233 g/mol. The van der Waals surface area contributed by atoms with Crippen LogP contribution in [0.2, 0.25) is 0 Å². The van der Waals surface area contributed by atoms with Gasteiger partial charge in [0.1, 0.15) is 0 Å². The van der Waals surface area contributed by atoms with Gasteiger partial charge in [0.15, 0.2) is 0 Å². The van der Waals surface area contributed by atoms with E-state index in [0.717, 1.165) is 10.7 Å². The molecule has 0 aliphatic heterocycles. The number of aliphatic hydroxyl groups excluding tert-OH is 1. The number of aromatic nitrogens is 1. The van der Waals surface area contributed by atoms with Crippen LogP contribution in [0.1, 0.15) is 16.1 Å². The Labute approximate surface area is 99.6 Å². The largest absolute Gasteiger partial charge is 0.396 e. The van der Waals surface area contributed by atoms with Gasteiger partial charge in [-0.2, -0.15) is 0 Å². The first-order valence-electron chi connectivity index (χ1n) is 5.33. The Bertz CT molecular complexity index is 490. The SMILES string of the molecule is Cc1ccc(C)c(-c2csc(CCO)n2)c1. The lowest BCUT2D eigenvalue weighted by atomic mass is 10.0. The second-order valence-electron chi connectivity index (χ2n) is 3.92. The standard InChI is InChI=1S/C13H15NOS/c1-9-3-4-10(2)11(7-9)12-8-16-13(14-12)5-6-15/h3-4,7-8,15H,5-6H2,1-2H3. The maximum Gasteiger partial charge on any atom is 0.0955 e. The molecule has 1 aromatic heterocycles. The van der Waals surface area contributed by atoms with Gasteiger partial charge in [0.2, 0.25) is 0 Å². The van der Waals surface area contributed by atoms with Crippen molar-refractivity contribution in [2.75, 3.05) is 6.61 Å². The molecule has 0 saturated heterocycles. The highest BCUT2D eigenvalue weighted by molar-refractivity contribution is 7.09. The van der Waals surface area contributed by atoms with E-state index in [4.69, 9.17) is 5.11 Å². The van der Waals surface area contributed by atoms with Gasteiger partial charge in [-0.05, 0) is 25.5 Å². The Balaban J connectivity index is 2.38. The molecule has 2 aromatic rings. The highest BCUT2D eigenvalue weighted by Crippen LogP contribution is 2.26. The molecule has 0 radical (unpaired) electrons. The number of hydrogen-bond donors (Lipinski definition) is 1. The molecule has 0 amide bonds. The molecule has 2 rings (SSSR count). The molecule has 0 atom stereocenters. The summed E-state index contributed by atoms with van der Waals surface area (Å²) in [6.45, 7) is 4.35. The number of aryl methyl sites for hydroxylation is 2. The van der Waals surface area contributed by atoms with Crippen molar-refractivity contribution in [3.63, 3.8) is 0 Å². The van der Waals surface area contributed by atoms with Gasteiger partial charge in [0.25, 0.3) is 0 Å². The third-order valence-electron chi connectivity index (χ3n) is 2.55. The van der Waals surface area contributed by atoms with Crippen LogP contribution in [0.25, 0.3) is 11.3 Å². The molecule has 3 heteroatoms. The van der Waals surface area contributed by atoms with Gasteiger partial charge in [-0.1, -0.05) is 17.7 Å². The summed E-state index contributed by atoms with van der Waals surface area (Å²) in [4.78, 5) is 4.53. The molecule has 2 nitrogen and oxygen atoms in total. The molecule has 16 heavy (non-hydrogen) atoms. The Hall–Kier alpha value is -1.19. The summed E-state index contributed by atoms with van der Waals surface area (Å²) in [6.07, 6.45) is 0.648. The molecular weight excluding hydrogens is 218 g/mol. The summed E-state index contributed by atoms with van der Waals surface area (Å²) >= 11 is 1.61. The number of thiazole rings is 1. The molecular formula is C13H15NOS. The van der Waals surface area contributed by atoms with Crippen LogP contribution in [0.5, 0.6) is 0 Å². The first kappa shape index (κ1) is 11.3. The summed E-state index contributed by atoms with van der Waals surface area (Å²) in [7, 11) is 0. The fourth-order valence-electron chi connectivity index (χ4n) is 1.66. The molecule has 84 valence electrons. The van der Waals surface area contributed by atoms with E-state index in [-0.39, 0.29) is 6.61 Å². The van der Waals surface area contributed by atoms with Gasteiger partial charge in [-0.15, -0.1) is 11.3 Å². The zero-order valence-electron chi connectivity index (χ0n) is 9.53. The first-order chi connectivity index (χ1) is 7.70. The van der Waals surface area contributed by atoms with Gasteiger partial charge in [-0.3, -0.25) is 0 Å². The maximum absolute atomic E-state index is 8.86. The molecule has 1 heterocycles. The van der Waals surface area contributed by atoms with Gasteiger partial charge >= 0.3 is 0 Å². The van der Waals surface area contributed by atoms with Gasteiger partial charge in [0.05, 0.1) is 10.7 Å². The average Bonchev–Trinajstić information content (AvgIpc) is 2.71. The molecule has 0 aliphatic carbocycles. The van der Waals surface area contributed by atoms with E-state index in [1.165, 1.54) is 16.7 Å². The van der Waals surface area contributed by atoms with E-state index < -0.39 is 0 Å². The van der Waals surface area contributed by atoms with Crippen LogP contribution < -0.4 is 0 Å². The second kappa shape index (κ2) is 4.76. The summed E-state index contributed by atoms with van der Waals surface area (Å²) in [5.74, 6) is 0. The van der Waals surface area contributed by atoms with Crippen molar-refractivity contribution in [3.8, 4) is 11.3 Å². The second-order valence-corrected chi connectivity index (χ2v) is 4.86. The zero-order chi connectivity index (χ0) is 11.5. The highest BCUT2D eigenvalue weighted by atomic mass is 32.1. The maximum atomic E-state index is 8.86. The minimum absolute atomic E-state index is 0.166. The van der Waals surface area contributed by atoms with Crippen molar-refractivity contribution in [1.29, 1.82) is 0 Å². The van der Waals surface area contributed by atoms with E-state index >= 15 is 0 Å². The van der Waals surface area contributed by atoms with Gasteiger partial charge < -0.3 is 5.11 Å². The van der Waals surface area contributed by atoms with Crippen molar-refractivity contribution in [3.05, 3.63) is 39.7 Å². The smallest absolute Gasteiger partial charge is 0.0955 e. The number of aliphatic hydroxyl groups is 1. The third kappa shape index (κ3) is 2.31. The minimum atomic E-state index is 0.166. The van der Waals surface area contributed by atoms with Crippen molar-refractivity contribution in [2.45, 2.75) is 20.3 Å². The zero-order valence-corrected chi connectivity index (χ0v) is 10.3. The third-order valence-corrected chi connectivity index (χ3v) is 3.46. The first-order valence-corrected chi connectivity index (χ1v) is 6.21. The van der Waals surface area contributed by atoms with Crippen molar-refractivity contribution < 1.29 is 5.11 Å². The number of hydrogen-bond acceptors (Lipinski definition) is 3. The molecule has 0 bridgehead atoms. The average molecular weight is 233 g/mol. The van der Waals surface area contributed by atoms with E-state index in [2.05, 4.69) is 42.4 Å². The predicted octanol–water partition coefficient (Wildman–Crippen LogP) is 2.96. The molecule has 1 aromatic carbocycles. The minimum Gasteiger partial charge on any atom is -0.396 e. The molecule has 0 fully saturated rings. The number of benzene rings is 1. The van der Waals surface area contributed by atoms with Crippen LogP contribution in [0.4, 0.5) is 0 Å². The van der Waals surface area contributed by atoms with Crippen LogP contribution >= 0.6 is 11.3 Å². The lowest BCUT2D eigenvalue weighted by Gasteiger charge is -2.03. The van der Waals surface area contributed by atoms with E-state index in [1.807, 2.05) is 0 Å². The van der Waals surface area contributed by atoms with Crippen LogP contribution in [0.3, 0.4) is 0 Å². The number of rotatable bonds is 3. The molecule has 0 unspecified atom stereocenters. The van der Waals surface area contributed by atoms with E-state index in [1.54, 1.807) is 11.3 Å². The van der Waals surface area contributed by atoms with Crippen LogP contribution in [0.15, 0.2) is 23.6 Å². The lowest BCUT2D eigenvalue weighted by Crippen LogP contribution is -1.90. The lowest BCUT2D eigenvalue weighted by molar-refractivity contribution is 0.299. The predicted molar refractivity (Wildman–Crippen MR) is 67.8 cm³/mol. The van der Waals surface area contributed by atoms with Gasteiger partial charge in [-0.25, -0.2) is 4.98 Å². The van der Waals surface area contributed by atoms with Crippen molar-refractivity contribution >= 4 is 11.3 Å². The Morgan fingerprint density at radius 2 is 2.12 bits per heavy atom. The molecule has 0 aliphatic rings. The van der Waals surface area contributed by atoms with Crippen molar-refractivity contribution in [2.24, 2.45) is 0 Å². The van der Waals surface area contributed by atoms with Crippen LogP contribution in [-0.2, 0) is 6.42 Å². The quantitative estimate of drug-likeness (QED) is 0.884. The summed E-state index contributed by atoms with van der Waals surface area (Å²) < 4.78 is 0. The molecule has 0 spiro atoms. The van der Waals surface area contributed by atoms with E-state index in [0.29, 0.717) is 6.42 Å². The van der Waals surface area contributed by atoms with Crippen molar-refractivity contribution in [1.82, 2.24) is 4.98 Å². The van der Waals surface area contributed by atoms with E-state index in [9.17, 15) is 0 Å². The topological polar surface area (TPSA) is 33.1 Å². The summed E-state index contributed by atoms with van der Waals surface area (Å²) in [5.41, 5.74) is 4.71. The van der Waals surface area contributed by atoms with Gasteiger partial charge in [0, 0.05) is 24.0 Å². The number of nitrogens with zero attached hydrogens (tertiary/aromatic N) is 1. The summed E-state index contributed by atoms with van der Waals surface area (Å²) in [6, 6.07) is 6.39. The Morgan fingerprint density at radius 1 is 1.31 bits per heavy atom. The summed E-state index contributed by atoms with van der Waals surface area (Å²) in [5, 5.41) is 11.9. The fourth-order valence-corrected chi connectivity index (χ4v) is 2.44. The fraction of sp³-hybridized carbons (Fsp3) is 0.308. The molecule has 1 N–H and O–H groups in total. The Kier molecular flexibility index (Phi) is 3.36. The Morgan fingerprint density at radius 3 is 2.88 bits per heavy atom. The van der Waals surface area contributed by atoms with Crippen LogP contribution in [-0.4, -0.2) is 16.7 Å². The van der Waals surface area contributed by atoms with Crippen LogP contribution in [0, 0.1) is 13.8 Å². The highest BCUT2D eigenvalue weighted by Gasteiger charge is 2.06. The molecule has 0 saturated carbocycles. The normalized spacial score (nSPS) is 10.7.